The van der Waals surface area contributed by atoms with Gasteiger partial charge in [0.05, 0.1) is 13.2 Å². The predicted molar refractivity (Wildman–Crippen MR) is 226 cm³/mol. The van der Waals surface area contributed by atoms with Crippen LogP contribution in [0.5, 0.6) is 0 Å². The molecule has 11 nitrogen and oxygen atoms in total. The van der Waals surface area contributed by atoms with E-state index in [1.165, 1.54) is 25.7 Å². The largest absolute Gasteiger partial charge is 0.480 e. The number of rotatable bonds is 39. The SMILES string of the molecule is CC/C=C\C/C=C\C/C=C\CCCCCCCCCC(=O)OC(COC(=O)CCCCCCC/C=C\C/C=C\CCCCC)COP(=O)(O)OCC(N)C(=O)O. The highest BCUT2D eigenvalue weighted by Crippen LogP contribution is 2.43. The third-order valence-electron chi connectivity index (χ3n) is 8.75. The number of ether oxygens (including phenoxy) is 2. The van der Waals surface area contributed by atoms with Gasteiger partial charge in [-0.15, -0.1) is 0 Å². The summed E-state index contributed by atoms with van der Waals surface area (Å²) in [6, 6.07) is -1.53. The van der Waals surface area contributed by atoms with Gasteiger partial charge in [0, 0.05) is 12.8 Å². The number of nitrogens with two attached hydrogens (primary N) is 1. The lowest BCUT2D eigenvalue weighted by atomic mass is 10.1. The van der Waals surface area contributed by atoms with Crippen molar-refractivity contribution in [1.29, 1.82) is 0 Å². The van der Waals surface area contributed by atoms with Crippen molar-refractivity contribution < 1.29 is 47.5 Å². The molecule has 0 saturated heterocycles. The summed E-state index contributed by atoms with van der Waals surface area (Å²) in [6.07, 6.45) is 44.2. The molecule has 0 aliphatic rings. The number of hydrogen-bond donors (Lipinski definition) is 3. The van der Waals surface area contributed by atoms with Crippen LogP contribution in [0.25, 0.3) is 0 Å². The van der Waals surface area contributed by atoms with Crippen LogP contribution in [0.2, 0.25) is 0 Å². The Labute approximate surface area is 338 Å². The van der Waals surface area contributed by atoms with Gasteiger partial charge in [-0.05, 0) is 77.0 Å². The Kier molecular flexibility index (Phi) is 37.1. The fraction of sp³-hybridized carbons (Fsp3) is 0.705. The van der Waals surface area contributed by atoms with Crippen LogP contribution in [0.4, 0.5) is 0 Å². The van der Waals surface area contributed by atoms with Crippen LogP contribution in [-0.2, 0) is 37.5 Å². The van der Waals surface area contributed by atoms with Crippen LogP contribution >= 0.6 is 7.82 Å². The Bertz CT molecular complexity index is 1180. The molecular formula is C44H76NO10P. The van der Waals surface area contributed by atoms with Gasteiger partial charge in [0.1, 0.15) is 12.6 Å². The van der Waals surface area contributed by atoms with Crippen LogP contribution in [0.1, 0.15) is 168 Å². The first-order valence-electron chi connectivity index (χ1n) is 21.3. The number of phosphoric ester groups is 1. The van der Waals surface area contributed by atoms with Crippen molar-refractivity contribution in [2.75, 3.05) is 19.8 Å². The van der Waals surface area contributed by atoms with Crippen molar-refractivity contribution in [3.05, 3.63) is 60.8 Å². The number of carbonyl (C=O) groups is 3. The molecule has 0 aliphatic heterocycles. The number of carboxylic acid groups (broad SMARTS) is 1. The first kappa shape index (κ1) is 53.2. The molecule has 322 valence electrons. The van der Waals surface area contributed by atoms with E-state index in [9.17, 15) is 23.8 Å². The van der Waals surface area contributed by atoms with E-state index in [-0.39, 0.29) is 19.4 Å². The van der Waals surface area contributed by atoms with E-state index in [1.54, 1.807) is 0 Å². The standard InChI is InChI=1S/C44H76NO10P/c1-3-5-7-9-11-13-15-17-19-20-22-24-26-28-30-32-34-36-43(47)55-40(38-53-56(50,51)54-39-41(45)44(48)49)37-52-42(46)35-33-31-29-27-25-23-21-18-16-14-12-10-8-6-4-2/h5,7,11-14,17-19,21,40-41H,3-4,6,8-10,15-16,20,22-39,45H2,1-2H3,(H,48,49)(H,50,51)/b7-5-,13-11-,14-12-,19-17-,21-18-. The minimum absolute atomic E-state index is 0.144. The molecule has 0 radical (unpaired) electrons. The second-order valence-electron chi connectivity index (χ2n) is 14.1. The first-order chi connectivity index (χ1) is 27.1. The van der Waals surface area contributed by atoms with Gasteiger partial charge in [0.2, 0.25) is 0 Å². The Morgan fingerprint density at radius 3 is 1.50 bits per heavy atom. The summed E-state index contributed by atoms with van der Waals surface area (Å²) in [5.74, 6) is -2.41. The number of phosphoric acid groups is 1. The van der Waals surface area contributed by atoms with Gasteiger partial charge in [-0.25, -0.2) is 4.57 Å². The highest BCUT2D eigenvalue weighted by Gasteiger charge is 2.28. The van der Waals surface area contributed by atoms with E-state index < -0.39 is 51.1 Å². The van der Waals surface area contributed by atoms with Gasteiger partial charge in [0.25, 0.3) is 0 Å². The molecule has 0 bridgehead atoms. The number of carbonyl (C=O) groups excluding carboxylic acids is 2. The second-order valence-corrected chi connectivity index (χ2v) is 15.5. The highest BCUT2D eigenvalue weighted by molar-refractivity contribution is 7.47. The number of aliphatic carboxylic acids is 1. The Hall–Kier alpha value is -2.82. The molecule has 0 fully saturated rings. The molecule has 0 spiro atoms. The average Bonchev–Trinajstić information content (AvgIpc) is 3.17. The van der Waals surface area contributed by atoms with Crippen molar-refractivity contribution in [3.63, 3.8) is 0 Å². The van der Waals surface area contributed by atoms with E-state index in [2.05, 4.69) is 79.1 Å². The van der Waals surface area contributed by atoms with Gasteiger partial charge < -0.3 is 25.2 Å². The lowest BCUT2D eigenvalue weighted by molar-refractivity contribution is -0.161. The predicted octanol–water partition coefficient (Wildman–Crippen LogP) is 11.2. The Balaban J connectivity index is 4.42. The number of unbranched alkanes of at least 4 members (excludes halogenated alkanes) is 15. The van der Waals surface area contributed by atoms with Crippen molar-refractivity contribution in [2.24, 2.45) is 5.73 Å². The van der Waals surface area contributed by atoms with Crippen molar-refractivity contribution >= 4 is 25.7 Å². The zero-order chi connectivity index (χ0) is 41.4. The molecule has 3 atom stereocenters. The Morgan fingerprint density at radius 2 is 1.00 bits per heavy atom. The topological polar surface area (TPSA) is 172 Å². The summed E-state index contributed by atoms with van der Waals surface area (Å²) in [4.78, 5) is 45.9. The summed E-state index contributed by atoms with van der Waals surface area (Å²) in [5, 5.41) is 8.88. The fourth-order valence-corrected chi connectivity index (χ4v) is 6.18. The summed E-state index contributed by atoms with van der Waals surface area (Å²) in [5.41, 5.74) is 5.33. The van der Waals surface area contributed by atoms with Gasteiger partial charge >= 0.3 is 25.7 Å². The highest BCUT2D eigenvalue weighted by atomic mass is 31.2. The molecule has 3 unspecified atom stereocenters. The van der Waals surface area contributed by atoms with E-state index in [0.717, 1.165) is 103 Å². The number of allylic oxidation sites excluding steroid dienone is 10. The molecule has 0 aromatic rings. The fourth-order valence-electron chi connectivity index (χ4n) is 5.40. The maximum absolute atomic E-state index is 12.6. The van der Waals surface area contributed by atoms with E-state index in [1.807, 2.05) is 0 Å². The van der Waals surface area contributed by atoms with Gasteiger partial charge in [-0.1, -0.05) is 139 Å². The molecule has 0 aromatic heterocycles. The van der Waals surface area contributed by atoms with E-state index in [4.69, 9.17) is 24.8 Å². The average molecular weight is 810 g/mol. The maximum Gasteiger partial charge on any atom is 0.472 e. The summed E-state index contributed by atoms with van der Waals surface area (Å²) >= 11 is 0. The van der Waals surface area contributed by atoms with Crippen LogP contribution in [-0.4, -0.2) is 59.9 Å². The smallest absolute Gasteiger partial charge is 0.472 e. The number of esters is 2. The van der Waals surface area contributed by atoms with Crippen molar-refractivity contribution in [1.82, 2.24) is 0 Å². The minimum Gasteiger partial charge on any atom is -0.480 e. The van der Waals surface area contributed by atoms with Crippen LogP contribution in [0, 0.1) is 0 Å². The van der Waals surface area contributed by atoms with Crippen molar-refractivity contribution in [3.8, 4) is 0 Å². The van der Waals surface area contributed by atoms with Gasteiger partial charge in [-0.3, -0.25) is 23.4 Å². The molecule has 0 aromatic carbocycles. The number of carboxylic acids is 1. The third kappa shape index (κ3) is 38.1. The first-order valence-corrected chi connectivity index (χ1v) is 22.8. The monoisotopic (exact) mass is 810 g/mol. The second kappa shape index (κ2) is 39.0. The van der Waals surface area contributed by atoms with Gasteiger partial charge in [0.15, 0.2) is 6.10 Å². The molecule has 12 heteroatoms. The van der Waals surface area contributed by atoms with Crippen molar-refractivity contribution in [2.45, 2.75) is 180 Å². The molecule has 0 heterocycles. The van der Waals surface area contributed by atoms with Crippen LogP contribution in [0.3, 0.4) is 0 Å². The van der Waals surface area contributed by atoms with E-state index in [0.29, 0.717) is 12.8 Å². The normalized spacial score (nSPS) is 14.4. The molecular weight excluding hydrogens is 733 g/mol. The lowest BCUT2D eigenvalue weighted by Gasteiger charge is -2.20. The lowest BCUT2D eigenvalue weighted by Crippen LogP contribution is -2.34. The van der Waals surface area contributed by atoms with Gasteiger partial charge in [-0.2, -0.15) is 0 Å². The maximum atomic E-state index is 12.6. The quantitative estimate of drug-likeness (QED) is 0.0233. The molecule has 56 heavy (non-hydrogen) atoms. The zero-order valence-electron chi connectivity index (χ0n) is 34.7. The summed E-state index contributed by atoms with van der Waals surface area (Å²) in [7, 11) is -4.72. The molecule has 4 N–H and O–H groups in total. The minimum atomic E-state index is -4.72. The zero-order valence-corrected chi connectivity index (χ0v) is 35.6. The van der Waals surface area contributed by atoms with Crippen LogP contribution in [0.15, 0.2) is 60.8 Å². The van der Waals surface area contributed by atoms with Crippen LogP contribution < -0.4 is 5.73 Å². The Morgan fingerprint density at radius 1 is 0.571 bits per heavy atom. The molecule has 0 saturated carbocycles. The summed E-state index contributed by atoms with van der Waals surface area (Å²) in [6.45, 7) is 2.63. The number of hydrogen-bond acceptors (Lipinski definition) is 9. The molecule has 0 rings (SSSR count). The summed E-state index contributed by atoms with van der Waals surface area (Å²) < 4.78 is 32.7. The molecule has 0 amide bonds. The molecule has 0 aliphatic carbocycles. The third-order valence-corrected chi connectivity index (χ3v) is 9.70. The van der Waals surface area contributed by atoms with E-state index >= 15 is 0 Å².